The van der Waals surface area contributed by atoms with Crippen molar-refractivity contribution in [1.82, 2.24) is 34.4 Å². The summed E-state index contributed by atoms with van der Waals surface area (Å²) < 4.78 is 64.8. The molecular formula is C39H33F2N9O4S. The molecule has 2 unspecified atom stereocenters. The van der Waals surface area contributed by atoms with E-state index in [1.165, 1.54) is 36.8 Å². The molecule has 1 amide bonds. The third-order valence-corrected chi connectivity index (χ3v) is 11.7. The quantitative estimate of drug-likeness (QED) is 0.178. The number of aromatic nitrogens is 6. The monoisotopic (exact) mass is 761 g/mol. The molecular weight excluding hydrogens is 729 g/mol. The van der Waals surface area contributed by atoms with Crippen molar-refractivity contribution < 1.29 is 26.7 Å². The van der Waals surface area contributed by atoms with E-state index in [9.17, 15) is 17.6 Å². The first-order valence-electron chi connectivity index (χ1n) is 17.9. The Morgan fingerprint density at radius 2 is 1.82 bits per heavy atom. The second-order valence-electron chi connectivity index (χ2n) is 14.0. The van der Waals surface area contributed by atoms with E-state index in [0.717, 1.165) is 29.8 Å². The summed E-state index contributed by atoms with van der Waals surface area (Å²) in [6.45, 7) is 1.10. The van der Waals surface area contributed by atoms with E-state index in [2.05, 4.69) is 46.5 Å². The highest BCUT2D eigenvalue weighted by Gasteiger charge is 2.34. The lowest BCUT2D eigenvalue weighted by molar-refractivity contribution is -0.116. The fraction of sp³-hybridized carbons (Fsp3) is 0.282. The predicted octanol–water partition coefficient (Wildman–Crippen LogP) is 5.16. The summed E-state index contributed by atoms with van der Waals surface area (Å²) in [5.74, 6) is 1.71. The third-order valence-electron chi connectivity index (χ3n) is 10.2. The van der Waals surface area contributed by atoms with Gasteiger partial charge in [-0.15, -0.1) is 15.6 Å². The van der Waals surface area contributed by atoms with E-state index >= 15 is 4.39 Å². The first-order valence-corrected chi connectivity index (χ1v) is 19.4. The highest BCUT2D eigenvalue weighted by atomic mass is 32.2. The number of hydrogen-bond acceptors (Lipinski definition) is 11. The highest BCUT2D eigenvalue weighted by Crippen LogP contribution is 2.39. The Kier molecular flexibility index (Phi) is 8.62. The van der Waals surface area contributed by atoms with Crippen LogP contribution in [-0.2, 0) is 14.8 Å². The molecule has 2 saturated heterocycles. The van der Waals surface area contributed by atoms with Crippen molar-refractivity contribution in [3.8, 4) is 29.6 Å². The van der Waals surface area contributed by atoms with E-state index < -0.39 is 27.6 Å². The molecule has 1 aliphatic carbocycles. The van der Waals surface area contributed by atoms with Crippen LogP contribution in [0.15, 0.2) is 72.0 Å². The number of nitrogens with one attached hydrogen (secondary N) is 2. The molecule has 9 rings (SSSR count). The molecule has 2 atom stereocenters. The van der Waals surface area contributed by atoms with Crippen molar-refractivity contribution in [2.24, 2.45) is 0 Å². The molecule has 6 aromatic rings. The molecule has 55 heavy (non-hydrogen) atoms. The Hall–Kier alpha value is -6.05. The number of amides is 1. The number of hydrogen-bond donors (Lipinski definition) is 2. The fourth-order valence-corrected chi connectivity index (χ4v) is 8.49. The zero-order valence-corrected chi connectivity index (χ0v) is 30.1. The molecule has 13 nitrogen and oxygen atoms in total. The zero-order chi connectivity index (χ0) is 37.8. The summed E-state index contributed by atoms with van der Waals surface area (Å²) in [5.41, 5.74) is 0.458. The number of rotatable bonds is 10. The van der Waals surface area contributed by atoms with E-state index in [4.69, 9.17) is 11.2 Å². The number of carbonyl (C=O) groups excluding carboxylic acids is 1. The van der Waals surface area contributed by atoms with E-state index in [0.29, 0.717) is 46.5 Å². The number of ether oxygens (including phenoxy) is 1. The maximum absolute atomic E-state index is 16.8. The number of benzene rings is 3. The second-order valence-corrected chi connectivity index (χ2v) is 15.8. The van der Waals surface area contributed by atoms with Gasteiger partial charge in [0.2, 0.25) is 5.91 Å². The largest absolute Gasteiger partial charge is 0.463 e. The highest BCUT2D eigenvalue weighted by molar-refractivity contribution is 7.89. The van der Waals surface area contributed by atoms with Crippen LogP contribution in [0.1, 0.15) is 49.4 Å². The Bertz CT molecular complexity index is 2670. The van der Waals surface area contributed by atoms with Gasteiger partial charge in [-0.25, -0.2) is 13.8 Å². The molecule has 3 aromatic carbocycles. The summed E-state index contributed by atoms with van der Waals surface area (Å²) in [4.78, 5) is 32.8. The molecule has 3 aromatic heterocycles. The number of pyridine rings is 1. The van der Waals surface area contributed by atoms with Crippen LogP contribution in [0.25, 0.3) is 32.9 Å². The minimum Gasteiger partial charge on any atom is -0.463 e. The van der Waals surface area contributed by atoms with Crippen LogP contribution < -0.4 is 20.3 Å². The number of anilines is 2. The molecule has 278 valence electrons. The molecule has 2 aliphatic heterocycles. The Labute approximate surface area is 314 Å². The summed E-state index contributed by atoms with van der Waals surface area (Å²) in [7, 11) is -4.03. The number of fused-ring (bicyclic) bond motifs is 4. The molecule has 2 N–H and O–H groups in total. The smallest absolute Gasteiger partial charge is 0.319 e. The first kappa shape index (κ1) is 34.7. The Morgan fingerprint density at radius 1 is 1.02 bits per heavy atom. The van der Waals surface area contributed by atoms with Gasteiger partial charge in [0.05, 0.1) is 22.3 Å². The van der Waals surface area contributed by atoms with Gasteiger partial charge >= 0.3 is 6.01 Å². The van der Waals surface area contributed by atoms with Crippen molar-refractivity contribution in [2.45, 2.75) is 55.0 Å². The van der Waals surface area contributed by atoms with Crippen LogP contribution in [-0.4, -0.2) is 75.2 Å². The number of piperazine rings is 1. The maximum atomic E-state index is 16.8. The van der Waals surface area contributed by atoms with Crippen LogP contribution >= 0.6 is 0 Å². The molecule has 3 aliphatic rings. The minimum atomic E-state index is -4.03. The average Bonchev–Trinajstić information content (AvgIpc) is 3.81. The van der Waals surface area contributed by atoms with Gasteiger partial charge in [-0.1, -0.05) is 36.3 Å². The second kappa shape index (κ2) is 13.7. The lowest BCUT2D eigenvalue weighted by atomic mass is 9.96. The lowest BCUT2D eigenvalue weighted by Gasteiger charge is -2.34. The van der Waals surface area contributed by atoms with Crippen LogP contribution in [0.2, 0.25) is 0 Å². The fourth-order valence-electron chi connectivity index (χ4n) is 7.38. The van der Waals surface area contributed by atoms with Gasteiger partial charge in [-0.05, 0) is 55.3 Å². The average molecular weight is 762 g/mol. The topological polar surface area (TPSA) is 157 Å². The molecule has 5 heterocycles. The van der Waals surface area contributed by atoms with Gasteiger partial charge in [0.15, 0.2) is 11.6 Å². The first-order chi connectivity index (χ1) is 26.7. The molecule has 16 heteroatoms. The SMILES string of the molecule is C#Cc1c(F)ccc2cccc(-c3ncc4c(N5CC6CCC(C5)N6)nc(OCCC(=O)Nc5cccc(S(=O)(=O)n6cnc(C7CC7)n6)c5)nc4c3F)c12. The van der Waals surface area contributed by atoms with Gasteiger partial charge in [0.1, 0.15) is 35.8 Å². The van der Waals surface area contributed by atoms with Gasteiger partial charge in [-0.2, -0.15) is 18.4 Å². The summed E-state index contributed by atoms with van der Waals surface area (Å²) in [6.07, 6.45) is 12.1. The molecule has 3 fully saturated rings. The van der Waals surface area contributed by atoms with Crippen molar-refractivity contribution in [1.29, 1.82) is 0 Å². The van der Waals surface area contributed by atoms with E-state index in [1.807, 2.05) is 0 Å². The van der Waals surface area contributed by atoms with Gasteiger partial charge in [-0.3, -0.25) is 9.78 Å². The number of nitrogens with zero attached hydrogens (tertiary/aromatic N) is 7. The predicted molar refractivity (Wildman–Crippen MR) is 200 cm³/mol. The summed E-state index contributed by atoms with van der Waals surface area (Å²) in [5, 5.41) is 11.8. The van der Waals surface area contributed by atoms with Gasteiger partial charge in [0.25, 0.3) is 10.0 Å². The number of terminal acetylenes is 1. The van der Waals surface area contributed by atoms with Crippen LogP contribution in [0.5, 0.6) is 6.01 Å². The third kappa shape index (κ3) is 6.48. The van der Waals surface area contributed by atoms with Crippen LogP contribution in [0.3, 0.4) is 0 Å². The van der Waals surface area contributed by atoms with E-state index in [1.54, 1.807) is 30.3 Å². The molecule has 1 saturated carbocycles. The number of halogens is 2. The Balaban J connectivity index is 0.984. The van der Waals surface area contributed by atoms with Crippen molar-refractivity contribution in [3.63, 3.8) is 0 Å². The van der Waals surface area contributed by atoms with Crippen LogP contribution in [0, 0.1) is 24.0 Å². The van der Waals surface area contributed by atoms with Crippen LogP contribution in [0.4, 0.5) is 20.3 Å². The normalized spacial score (nSPS) is 18.1. The van der Waals surface area contributed by atoms with Crippen molar-refractivity contribution in [3.05, 3.63) is 90.1 Å². The minimum absolute atomic E-state index is 0.00221. The number of carbonyl (C=O) groups is 1. The van der Waals surface area contributed by atoms with Gasteiger partial charge in [0, 0.05) is 53.9 Å². The lowest BCUT2D eigenvalue weighted by Crippen LogP contribution is -2.51. The maximum Gasteiger partial charge on any atom is 0.319 e. The zero-order valence-electron chi connectivity index (χ0n) is 29.2. The van der Waals surface area contributed by atoms with E-state index in [-0.39, 0.29) is 64.4 Å². The molecule has 0 spiro atoms. The Morgan fingerprint density at radius 3 is 2.60 bits per heavy atom. The molecule has 0 radical (unpaired) electrons. The van der Waals surface area contributed by atoms with Crippen molar-refractivity contribution in [2.75, 3.05) is 29.9 Å². The molecule has 2 bridgehead atoms. The van der Waals surface area contributed by atoms with Crippen molar-refractivity contribution >= 4 is 49.1 Å². The summed E-state index contributed by atoms with van der Waals surface area (Å²) in [6, 6.07) is 14.2. The standard InChI is InChI=1S/C39H33F2N9O4S/c1-2-28-31(40)14-11-22-5-3-8-29(33(22)28)35-34(41)36-30(18-42-35)38(49-19-25-12-13-26(20-49)44-25)47-39(46-36)54-16-15-32(51)45-24-6-4-7-27(17-24)55(52,53)50-21-43-37(48-50)23-9-10-23/h1,3-8,11,14,17-18,21,23,25-26,44H,9-10,12-13,15-16,19-20H2,(H,45,51). The summed E-state index contributed by atoms with van der Waals surface area (Å²) >= 11 is 0. The van der Waals surface area contributed by atoms with Gasteiger partial charge < -0.3 is 20.3 Å².